The van der Waals surface area contributed by atoms with Gasteiger partial charge in [-0.1, -0.05) is 12.2 Å². The zero-order valence-electron chi connectivity index (χ0n) is 9.61. The van der Waals surface area contributed by atoms with E-state index in [-0.39, 0.29) is 11.4 Å². The fraction of sp³-hybridized carbons (Fsp3) is 0.231. The summed E-state index contributed by atoms with van der Waals surface area (Å²) in [5, 5.41) is 0. The molecule has 0 bridgehead atoms. The molecule has 3 nitrogen and oxygen atoms in total. The van der Waals surface area contributed by atoms with Crippen molar-refractivity contribution in [2.24, 2.45) is 0 Å². The third-order valence-electron chi connectivity index (χ3n) is 2.08. The lowest BCUT2D eigenvalue weighted by molar-refractivity contribution is -0.112. The van der Waals surface area contributed by atoms with E-state index in [2.05, 4.69) is 0 Å². The lowest BCUT2D eigenvalue weighted by Gasteiger charge is -1.98. The largest absolute Gasteiger partial charge is 0.423 e. The molecule has 0 amide bonds. The lowest BCUT2D eigenvalue weighted by atomic mass is 10.2. The average Bonchev–Trinajstić information content (AvgIpc) is 2.21. The maximum Gasteiger partial charge on any atom is 0.339 e. The maximum absolute atomic E-state index is 11.3. The molecule has 1 rings (SSSR count). The van der Waals surface area contributed by atoms with E-state index in [1.807, 2.05) is 6.92 Å². The highest BCUT2D eigenvalue weighted by atomic mass is 16.4. The van der Waals surface area contributed by atoms with Crippen molar-refractivity contribution >= 4 is 11.4 Å². The number of rotatable bonds is 3. The summed E-state index contributed by atoms with van der Waals surface area (Å²) in [6.07, 6.45) is 4.82. The molecule has 0 N–H and O–H groups in total. The van der Waals surface area contributed by atoms with Gasteiger partial charge in [-0.05, 0) is 44.6 Å². The van der Waals surface area contributed by atoms with Gasteiger partial charge in [0.2, 0.25) is 0 Å². The van der Waals surface area contributed by atoms with Gasteiger partial charge in [0, 0.05) is 5.56 Å². The molecule has 0 aliphatic carbocycles. The van der Waals surface area contributed by atoms with Gasteiger partial charge in [0.1, 0.15) is 5.76 Å². The number of aryl methyl sites for hydroxylation is 1. The van der Waals surface area contributed by atoms with Gasteiger partial charge >= 0.3 is 5.63 Å². The molecule has 3 heteroatoms. The zero-order chi connectivity index (χ0) is 12.1. The Morgan fingerprint density at radius 3 is 2.56 bits per heavy atom. The van der Waals surface area contributed by atoms with Gasteiger partial charge in [0.15, 0.2) is 5.78 Å². The van der Waals surface area contributed by atoms with Crippen molar-refractivity contribution in [3.8, 4) is 0 Å². The summed E-state index contributed by atoms with van der Waals surface area (Å²) < 4.78 is 5.08. The van der Waals surface area contributed by atoms with Crippen molar-refractivity contribution in [1.29, 1.82) is 0 Å². The van der Waals surface area contributed by atoms with Crippen LogP contribution in [0.3, 0.4) is 0 Å². The Morgan fingerprint density at radius 1 is 1.31 bits per heavy atom. The van der Waals surface area contributed by atoms with Crippen LogP contribution in [-0.4, -0.2) is 5.78 Å². The van der Waals surface area contributed by atoms with E-state index in [1.165, 1.54) is 13.0 Å². The van der Waals surface area contributed by atoms with E-state index in [9.17, 15) is 9.59 Å². The third kappa shape index (κ3) is 3.35. The van der Waals surface area contributed by atoms with E-state index in [1.54, 1.807) is 31.2 Å². The van der Waals surface area contributed by atoms with Gasteiger partial charge in [-0.2, -0.15) is 0 Å². The fourth-order valence-electron chi connectivity index (χ4n) is 1.11. The van der Waals surface area contributed by atoms with Crippen LogP contribution in [-0.2, 0) is 4.79 Å². The summed E-state index contributed by atoms with van der Waals surface area (Å²) in [5.41, 5.74) is 1.05. The molecule has 0 atom stereocenters. The van der Waals surface area contributed by atoms with Crippen LogP contribution in [0.2, 0.25) is 0 Å². The zero-order valence-corrected chi connectivity index (χ0v) is 9.61. The van der Waals surface area contributed by atoms with E-state index in [4.69, 9.17) is 4.42 Å². The molecule has 0 spiro atoms. The normalized spacial score (nSPS) is 12.1. The van der Waals surface area contributed by atoms with Crippen LogP contribution in [0, 0.1) is 6.92 Å². The quantitative estimate of drug-likeness (QED) is 0.578. The van der Waals surface area contributed by atoms with Gasteiger partial charge in [0.25, 0.3) is 0 Å². The van der Waals surface area contributed by atoms with E-state index < -0.39 is 0 Å². The first-order chi connectivity index (χ1) is 7.50. The molecule has 84 valence electrons. The van der Waals surface area contributed by atoms with Crippen molar-refractivity contribution in [2.75, 3.05) is 0 Å². The van der Waals surface area contributed by atoms with Gasteiger partial charge in [0.05, 0.1) is 0 Å². The van der Waals surface area contributed by atoms with Gasteiger partial charge < -0.3 is 4.42 Å². The van der Waals surface area contributed by atoms with Crippen molar-refractivity contribution in [1.82, 2.24) is 0 Å². The molecule has 1 aromatic rings. The predicted molar refractivity (Wildman–Crippen MR) is 63.2 cm³/mol. The molecule has 0 aliphatic heterocycles. The van der Waals surface area contributed by atoms with E-state index in [0.717, 1.165) is 5.57 Å². The molecule has 1 aromatic heterocycles. The second-order valence-corrected chi connectivity index (χ2v) is 3.59. The highest BCUT2D eigenvalue weighted by molar-refractivity contribution is 5.87. The fourth-order valence-corrected chi connectivity index (χ4v) is 1.11. The highest BCUT2D eigenvalue weighted by Gasteiger charge is 2.00. The third-order valence-corrected chi connectivity index (χ3v) is 2.08. The smallest absolute Gasteiger partial charge is 0.339 e. The standard InChI is InChI=1S/C13H14O3/c1-9(5-4-6-11(3)14)12-8-7-10(2)13(15)16-12/h4-8H,1-3H3/b6-4+,9-5+. The Kier molecular flexibility index (Phi) is 4.00. The van der Waals surface area contributed by atoms with Crippen LogP contribution in [0.5, 0.6) is 0 Å². The van der Waals surface area contributed by atoms with Crippen LogP contribution in [0.25, 0.3) is 5.57 Å². The molecule has 16 heavy (non-hydrogen) atoms. The molecule has 0 aliphatic rings. The van der Waals surface area contributed by atoms with Crippen LogP contribution in [0.1, 0.15) is 25.2 Å². The number of hydrogen-bond donors (Lipinski definition) is 0. The predicted octanol–water partition coefficient (Wildman–Crippen LogP) is 2.50. The SMILES string of the molecule is CC(=O)/C=C/C=C(\C)c1ccc(C)c(=O)o1. The van der Waals surface area contributed by atoms with Crippen LogP contribution < -0.4 is 5.63 Å². The Balaban J connectivity index is 2.96. The summed E-state index contributed by atoms with van der Waals surface area (Å²) in [6.45, 7) is 4.99. The van der Waals surface area contributed by atoms with Crippen molar-refractivity contribution in [3.63, 3.8) is 0 Å². The lowest BCUT2D eigenvalue weighted by Crippen LogP contribution is -2.03. The first kappa shape index (κ1) is 12.2. The van der Waals surface area contributed by atoms with Gasteiger partial charge in [-0.25, -0.2) is 4.79 Å². The molecule has 0 radical (unpaired) electrons. The Labute approximate surface area is 94.1 Å². The molecular formula is C13H14O3. The second kappa shape index (κ2) is 5.26. The highest BCUT2D eigenvalue weighted by Crippen LogP contribution is 2.11. The van der Waals surface area contributed by atoms with Crippen molar-refractivity contribution in [2.45, 2.75) is 20.8 Å². The molecule has 0 aromatic carbocycles. The number of allylic oxidation sites excluding steroid dienone is 4. The summed E-state index contributed by atoms with van der Waals surface area (Å²) in [4.78, 5) is 21.9. The summed E-state index contributed by atoms with van der Waals surface area (Å²) in [7, 11) is 0. The molecule has 0 saturated carbocycles. The number of carbonyl (C=O) groups is 1. The number of carbonyl (C=O) groups excluding carboxylic acids is 1. The summed E-state index contributed by atoms with van der Waals surface area (Å²) in [6, 6.07) is 3.46. The monoisotopic (exact) mass is 218 g/mol. The Bertz CT molecular complexity index is 504. The molecule has 1 heterocycles. The minimum atomic E-state index is -0.333. The number of ketones is 1. The van der Waals surface area contributed by atoms with Gasteiger partial charge in [-0.3, -0.25) is 4.79 Å². The second-order valence-electron chi connectivity index (χ2n) is 3.59. The summed E-state index contributed by atoms with van der Waals surface area (Å²) in [5.74, 6) is 0.498. The maximum atomic E-state index is 11.3. The van der Waals surface area contributed by atoms with Crippen molar-refractivity contribution in [3.05, 3.63) is 52.1 Å². The van der Waals surface area contributed by atoms with E-state index >= 15 is 0 Å². The Hall–Kier alpha value is -1.90. The van der Waals surface area contributed by atoms with Crippen molar-refractivity contribution < 1.29 is 9.21 Å². The van der Waals surface area contributed by atoms with Gasteiger partial charge in [-0.15, -0.1) is 0 Å². The molecule has 0 fully saturated rings. The molecule has 0 saturated heterocycles. The van der Waals surface area contributed by atoms with Crippen LogP contribution in [0.4, 0.5) is 0 Å². The topological polar surface area (TPSA) is 47.3 Å². The minimum Gasteiger partial charge on any atom is -0.423 e. The van der Waals surface area contributed by atoms with E-state index in [0.29, 0.717) is 11.3 Å². The first-order valence-corrected chi connectivity index (χ1v) is 4.97. The molecule has 0 unspecified atom stereocenters. The Morgan fingerprint density at radius 2 is 2.00 bits per heavy atom. The minimum absolute atomic E-state index is 0.0191. The van der Waals surface area contributed by atoms with Crippen LogP contribution in [0.15, 0.2) is 39.6 Å². The average molecular weight is 218 g/mol. The first-order valence-electron chi connectivity index (χ1n) is 4.97. The number of hydrogen-bond acceptors (Lipinski definition) is 3. The molecular weight excluding hydrogens is 204 g/mol. The van der Waals surface area contributed by atoms with Crippen LogP contribution >= 0.6 is 0 Å². The summed E-state index contributed by atoms with van der Waals surface area (Å²) >= 11 is 0.